The molecule has 1 aliphatic heterocycles. The Hall–Kier alpha value is -2.59. The van der Waals surface area contributed by atoms with Crippen molar-refractivity contribution in [3.63, 3.8) is 0 Å². The smallest absolute Gasteiger partial charge is 0.253 e. The van der Waals surface area contributed by atoms with E-state index in [1.54, 1.807) is 24.3 Å². The van der Waals surface area contributed by atoms with Crippen LogP contribution >= 0.6 is 0 Å². The molecule has 0 unspecified atom stereocenters. The molecule has 1 amide bonds. The van der Waals surface area contributed by atoms with Crippen molar-refractivity contribution in [2.45, 2.75) is 36.7 Å². The number of carbonyl (C=O) groups is 1. The minimum absolute atomic E-state index is 0.0870. The minimum Gasteiger partial charge on any atom is -0.490 e. The van der Waals surface area contributed by atoms with Crippen molar-refractivity contribution >= 4 is 15.9 Å². The lowest BCUT2D eigenvalue weighted by Gasteiger charge is -2.34. The third kappa shape index (κ3) is 4.47. The van der Waals surface area contributed by atoms with Crippen LogP contribution in [0.25, 0.3) is 0 Å². The lowest BCUT2D eigenvalue weighted by molar-refractivity contribution is 0.0697. The number of nitrogens with zero attached hydrogens (tertiary/aromatic N) is 2. The molecule has 172 valence electrons. The van der Waals surface area contributed by atoms with Gasteiger partial charge in [0.2, 0.25) is 10.0 Å². The van der Waals surface area contributed by atoms with Gasteiger partial charge in [0.15, 0.2) is 17.5 Å². The van der Waals surface area contributed by atoms with Gasteiger partial charge in [-0.3, -0.25) is 4.79 Å². The van der Waals surface area contributed by atoms with Gasteiger partial charge in [0, 0.05) is 31.7 Å². The van der Waals surface area contributed by atoms with Gasteiger partial charge >= 0.3 is 0 Å². The van der Waals surface area contributed by atoms with E-state index in [9.17, 15) is 26.4 Å². The Morgan fingerprint density at radius 2 is 1.50 bits per heavy atom. The molecule has 10 heteroatoms. The average Bonchev–Trinajstić information content (AvgIpc) is 3.30. The van der Waals surface area contributed by atoms with Crippen LogP contribution in [-0.4, -0.2) is 55.8 Å². The van der Waals surface area contributed by atoms with E-state index in [0.29, 0.717) is 23.4 Å². The molecule has 2 aromatic carbocycles. The third-order valence-corrected chi connectivity index (χ3v) is 7.77. The van der Waals surface area contributed by atoms with E-state index in [1.165, 1.54) is 4.90 Å². The fourth-order valence-corrected chi connectivity index (χ4v) is 5.51. The highest BCUT2D eigenvalue weighted by Crippen LogP contribution is 2.26. The lowest BCUT2D eigenvalue weighted by Crippen LogP contribution is -2.50. The van der Waals surface area contributed by atoms with Crippen molar-refractivity contribution in [2.24, 2.45) is 0 Å². The second-order valence-electron chi connectivity index (χ2n) is 7.92. The van der Waals surface area contributed by atoms with Crippen LogP contribution in [0.1, 0.15) is 36.0 Å². The van der Waals surface area contributed by atoms with E-state index in [4.69, 9.17) is 4.74 Å². The molecule has 32 heavy (non-hydrogen) atoms. The maximum atomic E-state index is 14.0. The normalized spacial score (nSPS) is 18.2. The number of carbonyl (C=O) groups excluding carboxylic acids is 1. The molecule has 0 spiro atoms. The van der Waals surface area contributed by atoms with E-state index in [1.807, 2.05) is 0 Å². The van der Waals surface area contributed by atoms with Gasteiger partial charge in [-0.15, -0.1) is 0 Å². The van der Waals surface area contributed by atoms with Gasteiger partial charge in [0.05, 0.1) is 6.10 Å². The van der Waals surface area contributed by atoms with Gasteiger partial charge < -0.3 is 9.64 Å². The van der Waals surface area contributed by atoms with E-state index >= 15 is 0 Å². The van der Waals surface area contributed by atoms with Crippen LogP contribution in [-0.2, 0) is 10.0 Å². The van der Waals surface area contributed by atoms with Gasteiger partial charge in [0.25, 0.3) is 5.91 Å². The van der Waals surface area contributed by atoms with E-state index in [2.05, 4.69) is 0 Å². The molecule has 2 aliphatic rings. The second-order valence-corrected chi connectivity index (χ2v) is 9.82. The second kappa shape index (κ2) is 9.11. The summed E-state index contributed by atoms with van der Waals surface area (Å²) < 4.78 is 72.9. The standard InChI is InChI=1S/C22H23F3N2O4S/c23-18-9-10-19(21(25)20(18)24)32(29,30)27-13-11-26(12-14-27)22(28)15-5-7-17(8-6-15)31-16-3-1-2-4-16/h5-10,16H,1-4,11-14H2. The number of sulfonamides is 1. The van der Waals surface area contributed by atoms with Crippen molar-refractivity contribution in [2.75, 3.05) is 26.2 Å². The zero-order valence-corrected chi connectivity index (χ0v) is 18.1. The van der Waals surface area contributed by atoms with Crippen LogP contribution in [0.2, 0.25) is 0 Å². The monoisotopic (exact) mass is 468 g/mol. The van der Waals surface area contributed by atoms with Gasteiger partial charge in [-0.05, 0) is 62.1 Å². The van der Waals surface area contributed by atoms with Crippen molar-refractivity contribution < 1.29 is 31.1 Å². The first-order valence-corrected chi connectivity index (χ1v) is 11.9. The predicted molar refractivity (Wildman–Crippen MR) is 110 cm³/mol. The zero-order chi connectivity index (χ0) is 22.9. The Labute approximate surface area is 184 Å². The van der Waals surface area contributed by atoms with Crippen molar-refractivity contribution in [3.8, 4) is 5.75 Å². The molecule has 0 bridgehead atoms. The fourth-order valence-electron chi connectivity index (χ4n) is 4.04. The van der Waals surface area contributed by atoms with Crippen molar-refractivity contribution in [1.82, 2.24) is 9.21 Å². The molecule has 6 nitrogen and oxygen atoms in total. The molecule has 0 radical (unpaired) electrons. The van der Waals surface area contributed by atoms with E-state index in [-0.39, 0.29) is 38.2 Å². The summed E-state index contributed by atoms with van der Waals surface area (Å²) in [5, 5.41) is 0. The number of halogens is 3. The Morgan fingerprint density at radius 3 is 2.12 bits per heavy atom. The summed E-state index contributed by atoms with van der Waals surface area (Å²) in [7, 11) is -4.37. The van der Waals surface area contributed by atoms with E-state index in [0.717, 1.165) is 30.0 Å². The number of ether oxygens (including phenoxy) is 1. The lowest BCUT2D eigenvalue weighted by atomic mass is 10.1. The van der Waals surface area contributed by atoms with Gasteiger partial charge in [-0.25, -0.2) is 21.6 Å². The van der Waals surface area contributed by atoms with Crippen LogP contribution < -0.4 is 4.74 Å². The Bertz CT molecular complexity index is 1090. The molecule has 1 saturated heterocycles. The number of hydrogen-bond acceptors (Lipinski definition) is 4. The summed E-state index contributed by atoms with van der Waals surface area (Å²) in [6.07, 6.45) is 4.59. The summed E-state index contributed by atoms with van der Waals surface area (Å²) in [5.41, 5.74) is 0.451. The minimum atomic E-state index is -4.37. The number of amides is 1. The van der Waals surface area contributed by atoms with Crippen LogP contribution in [0, 0.1) is 17.5 Å². The van der Waals surface area contributed by atoms with Crippen LogP contribution in [0.5, 0.6) is 5.75 Å². The topological polar surface area (TPSA) is 66.9 Å². The Morgan fingerprint density at radius 1 is 0.875 bits per heavy atom. The summed E-state index contributed by atoms with van der Waals surface area (Å²) in [4.78, 5) is 13.4. The molecule has 2 fully saturated rings. The van der Waals surface area contributed by atoms with E-state index < -0.39 is 32.4 Å². The van der Waals surface area contributed by atoms with Crippen LogP contribution in [0.3, 0.4) is 0 Å². The van der Waals surface area contributed by atoms with Crippen LogP contribution in [0.15, 0.2) is 41.3 Å². The number of hydrogen-bond donors (Lipinski definition) is 0. The molecular formula is C22H23F3N2O4S. The van der Waals surface area contributed by atoms with Crippen LogP contribution in [0.4, 0.5) is 13.2 Å². The predicted octanol–water partition coefficient (Wildman–Crippen LogP) is 3.57. The average molecular weight is 468 g/mol. The fraction of sp³-hybridized carbons (Fsp3) is 0.409. The molecular weight excluding hydrogens is 445 g/mol. The molecule has 1 saturated carbocycles. The Balaban J connectivity index is 1.39. The zero-order valence-electron chi connectivity index (χ0n) is 17.3. The molecule has 1 heterocycles. The highest BCUT2D eigenvalue weighted by molar-refractivity contribution is 7.89. The first-order valence-electron chi connectivity index (χ1n) is 10.5. The van der Waals surface area contributed by atoms with Crippen molar-refractivity contribution in [3.05, 3.63) is 59.4 Å². The van der Waals surface area contributed by atoms with Gasteiger partial charge in [-0.1, -0.05) is 0 Å². The van der Waals surface area contributed by atoms with Gasteiger partial charge in [0.1, 0.15) is 10.6 Å². The summed E-state index contributed by atoms with van der Waals surface area (Å²) >= 11 is 0. The highest BCUT2D eigenvalue weighted by atomic mass is 32.2. The van der Waals surface area contributed by atoms with Gasteiger partial charge in [-0.2, -0.15) is 4.31 Å². The number of rotatable bonds is 5. The first-order chi connectivity index (χ1) is 15.3. The first kappa shape index (κ1) is 22.6. The number of piperazine rings is 1. The molecule has 2 aromatic rings. The summed E-state index contributed by atoms with van der Waals surface area (Å²) in [6.45, 7) is -0.00185. The number of benzene rings is 2. The summed E-state index contributed by atoms with van der Waals surface area (Å²) in [6, 6.07) is 8.12. The largest absolute Gasteiger partial charge is 0.490 e. The maximum absolute atomic E-state index is 14.0. The highest BCUT2D eigenvalue weighted by Gasteiger charge is 2.33. The summed E-state index contributed by atoms with van der Waals surface area (Å²) in [5.74, 6) is -4.59. The molecule has 0 aromatic heterocycles. The molecule has 0 N–H and O–H groups in total. The third-order valence-electron chi connectivity index (χ3n) is 5.85. The van der Waals surface area contributed by atoms with Crippen molar-refractivity contribution in [1.29, 1.82) is 0 Å². The SMILES string of the molecule is O=C(c1ccc(OC2CCCC2)cc1)N1CCN(S(=O)(=O)c2ccc(F)c(F)c2F)CC1. The quantitative estimate of drug-likeness (QED) is 0.630. The molecule has 0 atom stereocenters. The maximum Gasteiger partial charge on any atom is 0.253 e. The Kier molecular flexibility index (Phi) is 6.43. The molecule has 4 rings (SSSR count). The molecule has 1 aliphatic carbocycles.